The summed E-state index contributed by atoms with van der Waals surface area (Å²) in [5.41, 5.74) is 7.63. The molecular weight excluding hydrogens is 586 g/mol. The smallest absolute Gasteiger partial charge is 0.335 e. The van der Waals surface area contributed by atoms with Crippen LogP contribution in [0.4, 0.5) is 16.2 Å². The molecular formula is C26H33N7O9S. The normalized spacial score (nSPS) is 15.7. The Hall–Kier alpha value is -4.76. The van der Waals surface area contributed by atoms with Crippen LogP contribution < -0.4 is 10.6 Å². The molecule has 232 valence electrons. The lowest BCUT2D eigenvalue weighted by molar-refractivity contribution is -0.170. The summed E-state index contributed by atoms with van der Waals surface area (Å²) in [6.45, 7) is 3.28. The summed E-state index contributed by atoms with van der Waals surface area (Å²) in [5, 5.41) is 38.4. The van der Waals surface area contributed by atoms with Crippen molar-refractivity contribution >= 4 is 64.5 Å². The predicted octanol–water partition coefficient (Wildman–Crippen LogP) is 3.45. The van der Waals surface area contributed by atoms with Crippen LogP contribution in [0.25, 0.3) is 10.4 Å². The number of nitrogens with one attached hydrogen (secondary N) is 2. The molecule has 1 saturated heterocycles. The number of urea groups is 1. The number of benzene rings is 1. The first-order valence-electron chi connectivity index (χ1n) is 13.4. The minimum Gasteiger partial charge on any atom is -0.481 e. The fourth-order valence-corrected chi connectivity index (χ4v) is 4.96. The van der Waals surface area contributed by atoms with Crippen molar-refractivity contribution in [2.75, 3.05) is 11.9 Å². The summed E-state index contributed by atoms with van der Waals surface area (Å²) in [6.07, 6.45) is -1.21. The van der Waals surface area contributed by atoms with Gasteiger partial charge >= 0.3 is 23.9 Å². The number of hydrogen-bond donors (Lipinski definition) is 5. The van der Waals surface area contributed by atoms with Crippen LogP contribution in [0.1, 0.15) is 58.8 Å². The number of barbiturate groups is 1. The maximum atomic E-state index is 13.6. The second-order valence-electron chi connectivity index (χ2n) is 9.68. The number of aliphatic carboxylic acids is 3. The summed E-state index contributed by atoms with van der Waals surface area (Å²) in [5.74, 6) is -6.67. The number of imide groups is 2. The van der Waals surface area contributed by atoms with E-state index in [1.54, 1.807) is 24.3 Å². The van der Waals surface area contributed by atoms with E-state index in [2.05, 4.69) is 20.7 Å². The molecule has 4 amide bonds. The van der Waals surface area contributed by atoms with Crippen molar-refractivity contribution < 1.29 is 44.1 Å². The van der Waals surface area contributed by atoms with E-state index >= 15 is 0 Å². The Morgan fingerprint density at radius 3 is 1.95 bits per heavy atom. The third-order valence-electron chi connectivity index (χ3n) is 7.18. The summed E-state index contributed by atoms with van der Waals surface area (Å²) in [7, 11) is 0. The van der Waals surface area contributed by atoms with Crippen molar-refractivity contribution in [3.8, 4) is 0 Å². The molecule has 2 unspecified atom stereocenters. The van der Waals surface area contributed by atoms with Crippen LogP contribution in [0.2, 0.25) is 0 Å². The van der Waals surface area contributed by atoms with Gasteiger partial charge in [-0.3, -0.25) is 14.4 Å². The van der Waals surface area contributed by atoms with Gasteiger partial charge in [-0.1, -0.05) is 31.1 Å². The first-order valence-corrected chi connectivity index (χ1v) is 13.8. The van der Waals surface area contributed by atoms with Crippen LogP contribution >= 0.6 is 12.2 Å². The number of anilines is 1. The fourth-order valence-electron chi connectivity index (χ4n) is 4.74. The molecule has 0 spiro atoms. The fraction of sp³-hybridized carbons (Fsp3) is 0.500. The molecule has 1 aliphatic rings. The molecule has 1 heterocycles. The molecule has 0 aliphatic carbocycles. The van der Waals surface area contributed by atoms with E-state index in [9.17, 15) is 39.0 Å². The molecule has 1 fully saturated rings. The Bertz CT molecular complexity index is 1310. The molecule has 2 rings (SSSR count). The van der Waals surface area contributed by atoms with E-state index in [-0.39, 0.29) is 30.8 Å². The third-order valence-corrected chi connectivity index (χ3v) is 7.42. The van der Waals surface area contributed by atoms with Crippen LogP contribution in [-0.4, -0.2) is 84.6 Å². The van der Waals surface area contributed by atoms with Crippen molar-refractivity contribution in [3.63, 3.8) is 0 Å². The van der Waals surface area contributed by atoms with Crippen molar-refractivity contribution in [3.05, 3.63) is 34.7 Å². The Kier molecular flexibility index (Phi) is 12.4. The van der Waals surface area contributed by atoms with Crippen molar-refractivity contribution in [1.82, 2.24) is 15.1 Å². The number of azide groups is 1. The zero-order chi connectivity index (χ0) is 32.3. The van der Waals surface area contributed by atoms with Gasteiger partial charge in [0, 0.05) is 29.3 Å². The van der Waals surface area contributed by atoms with Gasteiger partial charge in [-0.15, -0.1) is 0 Å². The highest BCUT2D eigenvalue weighted by Gasteiger charge is 2.59. The van der Waals surface area contributed by atoms with Gasteiger partial charge in [0.2, 0.25) is 11.8 Å². The molecule has 1 aliphatic heterocycles. The SMILES string of the molecule is CCC1(CC)C(=O)N(C(CCCCNC(=S)Nc2ccc(N=[N+]=[N-])cc2)C(=O)O)C(=O)N(C(CCC(=O)O)C(=O)O)C1=O. The average molecular weight is 620 g/mol. The lowest BCUT2D eigenvalue weighted by atomic mass is 9.77. The largest absolute Gasteiger partial charge is 0.481 e. The van der Waals surface area contributed by atoms with Gasteiger partial charge in [0.05, 0.1) is 0 Å². The zero-order valence-electron chi connectivity index (χ0n) is 23.6. The molecule has 16 nitrogen and oxygen atoms in total. The van der Waals surface area contributed by atoms with E-state index in [1.165, 1.54) is 13.8 Å². The molecule has 1 aromatic rings. The lowest BCUT2D eigenvalue weighted by Crippen LogP contribution is -2.70. The van der Waals surface area contributed by atoms with Crippen LogP contribution in [-0.2, 0) is 24.0 Å². The van der Waals surface area contributed by atoms with E-state index in [0.717, 1.165) is 0 Å². The lowest BCUT2D eigenvalue weighted by Gasteiger charge is -2.46. The van der Waals surface area contributed by atoms with E-state index < -0.39 is 66.1 Å². The highest BCUT2D eigenvalue weighted by molar-refractivity contribution is 7.80. The van der Waals surface area contributed by atoms with Gasteiger partial charge in [0.15, 0.2) is 5.11 Å². The maximum Gasteiger partial charge on any atom is 0.335 e. The van der Waals surface area contributed by atoms with Gasteiger partial charge < -0.3 is 26.0 Å². The summed E-state index contributed by atoms with van der Waals surface area (Å²) >= 11 is 5.24. The van der Waals surface area contributed by atoms with Crippen LogP contribution in [0.15, 0.2) is 29.4 Å². The Balaban J connectivity index is 2.17. The van der Waals surface area contributed by atoms with Gasteiger partial charge in [-0.05, 0) is 68.4 Å². The Labute approximate surface area is 251 Å². The van der Waals surface area contributed by atoms with Crippen LogP contribution in [0.5, 0.6) is 0 Å². The van der Waals surface area contributed by atoms with Crippen molar-refractivity contribution in [2.24, 2.45) is 10.5 Å². The van der Waals surface area contributed by atoms with Crippen molar-refractivity contribution in [2.45, 2.75) is 70.9 Å². The summed E-state index contributed by atoms with van der Waals surface area (Å²) in [6, 6.07) is 1.45. The van der Waals surface area contributed by atoms with Gasteiger partial charge in [0.1, 0.15) is 17.5 Å². The average Bonchev–Trinajstić information content (AvgIpc) is 2.95. The highest BCUT2D eigenvalue weighted by Crippen LogP contribution is 2.39. The molecule has 0 bridgehead atoms. The topological polar surface area (TPSA) is 242 Å². The van der Waals surface area contributed by atoms with Crippen LogP contribution in [0.3, 0.4) is 0 Å². The molecule has 5 N–H and O–H groups in total. The van der Waals surface area contributed by atoms with Crippen molar-refractivity contribution in [1.29, 1.82) is 0 Å². The third kappa shape index (κ3) is 8.17. The molecule has 17 heteroatoms. The number of amides is 4. The zero-order valence-corrected chi connectivity index (χ0v) is 24.4. The summed E-state index contributed by atoms with van der Waals surface area (Å²) in [4.78, 5) is 79.4. The number of carbonyl (C=O) groups is 6. The number of carboxylic acids is 3. The minimum atomic E-state index is -1.91. The summed E-state index contributed by atoms with van der Waals surface area (Å²) < 4.78 is 0. The maximum absolute atomic E-state index is 13.6. The molecule has 1 aromatic carbocycles. The van der Waals surface area contributed by atoms with Crippen LogP contribution in [0, 0.1) is 5.41 Å². The van der Waals surface area contributed by atoms with E-state index in [1.807, 2.05) is 0 Å². The Morgan fingerprint density at radius 1 is 0.953 bits per heavy atom. The molecule has 0 aromatic heterocycles. The molecule has 43 heavy (non-hydrogen) atoms. The monoisotopic (exact) mass is 619 g/mol. The molecule has 0 radical (unpaired) electrons. The quantitative estimate of drug-likeness (QED) is 0.0446. The van der Waals surface area contributed by atoms with E-state index in [4.69, 9.17) is 22.9 Å². The minimum absolute atomic E-state index is 0.137. The van der Waals surface area contributed by atoms with Gasteiger partial charge in [-0.2, -0.15) is 0 Å². The number of rotatable bonds is 16. The number of hydrogen-bond acceptors (Lipinski definition) is 8. The number of thiocarbonyl (C=S) groups is 1. The number of carboxylic acid groups (broad SMARTS) is 3. The van der Waals surface area contributed by atoms with E-state index in [0.29, 0.717) is 34.1 Å². The van der Waals surface area contributed by atoms with Gasteiger partial charge in [0.25, 0.3) is 0 Å². The first-order chi connectivity index (χ1) is 20.3. The predicted molar refractivity (Wildman–Crippen MR) is 155 cm³/mol. The molecule has 0 saturated carbocycles. The number of unbranched alkanes of at least 4 members (excludes halogenated alkanes) is 1. The molecule has 2 atom stereocenters. The highest BCUT2D eigenvalue weighted by atomic mass is 32.1. The number of nitrogens with zero attached hydrogens (tertiary/aromatic N) is 5. The standard InChI is InChI=1S/C26H33N7O9S/c1-3-26(4-2)22(40)32(25(42)33(23(26)41)18(21(38)39)12-13-19(34)35)17(20(36)37)7-5-6-14-28-24(43)29-15-8-10-16(11-9-15)30-31-27/h8-11,17-18H,3-7,12-14H2,1-2H3,(H,34,35)(H,36,37)(H,38,39)(H2,28,29,43). The Morgan fingerprint density at radius 2 is 1.49 bits per heavy atom. The number of carbonyl (C=O) groups excluding carboxylic acids is 3. The second-order valence-corrected chi connectivity index (χ2v) is 10.1. The first kappa shape index (κ1) is 34.4. The van der Waals surface area contributed by atoms with Gasteiger partial charge in [-0.25, -0.2) is 24.2 Å². The second kappa shape index (κ2) is 15.5.